The minimum Gasteiger partial charge on any atom is -0.333 e. The molecule has 23 heavy (non-hydrogen) atoms. The minimum atomic E-state index is -0.00955. The van der Waals surface area contributed by atoms with E-state index in [1.807, 2.05) is 16.5 Å². The van der Waals surface area contributed by atoms with E-state index >= 15 is 0 Å². The molecule has 2 atom stereocenters. The van der Waals surface area contributed by atoms with Gasteiger partial charge in [-0.15, -0.1) is 5.10 Å². The van der Waals surface area contributed by atoms with Gasteiger partial charge in [-0.2, -0.15) is 0 Å². The lowest BCUT2D eigenvalue weighted by Crippen LogP contribution is -2.51. The van der Waals surface area contributed by atoms with Gasteiger partial charge in [0.25, 0.3) is 5.91 Å². The Bertz CT molecular complexity index is 551. The van der Waals surface area contributed by atoms with Crippen LogP contribution in [0.3, 0.4) is 0 Å². The first-order valence-electron chi connectivity index (χ1n) is 8.77. The van der Waals surface area contributed by atoms with Crippen molar-refractivity contribution in [2.24, 2.45) is 11.7 Å². The molecular formula is C16H28N6O. The van der Waals surface area contributed by atoms with Crippen molar-refractivity contribution in [2.75, 3.05) is 26.2 Å². The molecule has 1 amide bonds. The minimum absolute atomic E-state index is 0.00955. The molecule has 0 aromatic carbocycles. The average Bonchev–Trinajstić information content (AvgIpc) is 2.96. The Balaban J connectivity index is 1.80. The first-order valence-corrected chi connectivity index (χ1v) is 8.77. The fraction of sp³-hybridized carbons (Fsp3) is 0.812. The maximum Gasteiger partial charge on any atom is 0.276 e. The van der Waals surface area contributed by atoms with Crippen LogP contribution in [0.25, 0.3) is 0 Å². The van der Waals surface area contributed by atoms with Crippen LogP contribution in [0.2, 0.25) is 0 Å². The summed E-state index contributed by atoms with van der Waals surface area (Å²) in [6.45, 7) is 7.40. The topological polar surface area (TPSA) is 89.1 Å². The molecule has 3 N–H and O–H groups in total. The highest BCUT2D eigenvalue weighted by molar-refractivity contribution is 5.93. The maximum absolute atomic E-state index is 13.0. The first-order chi connectivity index (χ1) is 11.1. The quantitative estimate of drug-likeness (QED) is 0.856. The number of rotatable bonds is 3. The number of hydrogen-bond donors (Lipinski definition) is 2. The van der Waals surface area contributed by atoms with Gasteiger partial charge in [0.2, 0.25) is 0 Å². The Kier molecular flexibility index (Phi) is 4.96. The molecule has 2 aliphatic heterocycles. The Hall–Kier alpha value is -1.47. The summed E-state index contributed by atoms with van der Waals surface area (Å²) in [6, 6.07) is 0.454. The molecule has 2 aliphatic rings. The van der Waals surface area contributed by atoms with Crippen molar-refractivity contribution in [1.82, 2.24) is 25.2 Å². The maximum atomic E-state index is 13.0. The van der Waals surface area contributed by atoms with E-state index in [4.69, 9.17) is 5.73 Å². The molecule has 0 spiro atoms. The van der Waals surface area contributed by atoms with E-state index in [1.165, 1.54) is 0 Å². The Morgan fingerprint density at radius 1 is 1.35 bits per heavy atom. The summed E-state index contributed by atoms with van der Waals surface area (Å²) in [7, 11) is 0. The van der Waals surface area contributed by atoms with Crippen molar-refractivity contribution in [1.29, 1.82) is 0 Å². The highest BCUT2D eigenvalue weighted by Crippen LogP contribution is 2.26. The normalized spacial score (nSPS) is 26.5. The molecule has 2 saturated heterocycles. The van der Waals surface area contributed by atoms with E-state index in [-0.39, 0.29) is 11.9 Å². The molecular weight excluding hydrogens is 292 g/mol. The average molecular weight is 320 g/mol. The Labute approximate surface area is 137 Å². The van der Waals surface area contributed by atoms with Crippen molar-refractivity contribution in [3.8, 4) is 0 Å². The lowest BCUT2D eigenvalue weighted by molar-refractivity contribution is 0.0525. The number of carbonyl (C=O) groups is 1. The van der Waals surface area contributed by atoms with Gasteiger partial charge >= 0.3 is 0 Å². The fourth-order valence-corrected chi connectivity index (χ4v) is 3.93. The van der Waals surface area contributed by atoms with Crippen LogP contribution in [0, 0.1) is 12.8 Å². The van der Waals surface area contributed by atoms with Crippen LogP contribution in [-0.2, 0) is 0 Å². The van der Waals surface area contributed by atoms with Crippen LogP contribution >= 0.6 is 0 Å². The lowest BCUT2D eigenvalue weighted by Gasteiger charge is -2.39. The molecule has 3 heterocycles. The highest BCUT2D eigenvalue weighted by Gasteiger charge is 2.34. The predicted octanol–water partition coefficient (Wildman–Crippen LogP) is 0.710. The van der Waals surface area contributed by atoms with Gasteiger partial charge < -0.3 is 16.0 Å². The van der Waals surface area contributed by atoms with Gasteiger partial charge in [0.05, 0.1) is 11.7 Å². The fourth-order valence-electron chi connectivity index (χ4n) is 3.93. The summed E-state index contributed by atoms with van der Waals surface area (Å²) in [5.74, 6) is 0.433. The summed E-state index contributed by atoms with van der Waals surface area (Å²) in [6.07, 6.45) is 4.23. The number of nitrogens with two attached hydrogens (primary N) is 1. The van der Waals surface area contributed by atoms with Gasteiger partial charge in [0.1, 0.15) is 0 Å². The second-order valence-corrected chi connectivity index (χ2v) is 6.87. The third-order valence-electron chi connectivity index (χ3n) is 5.40. The standard InChI is InChI=1S/C16H28N6O/c1-11-4-3-9-21(14(11)10-17)16(23)15-12(2)22(20-19-15)13-5-7-18-8-6-13/h11,13-14,18H,3-10,17H2,1-2H3/t11-,14+/m1/s1. The van der Waals surface area contributed by atoms with E-state index in [1.54, 1.807) is 0 Å². The predicted molar refractivity (Wildman–Crippen MR) is 88.2 cm³/mol. The highest BCUT2D eigenvalue weighted by atomic mass is 16.2. The molecule has 0 aliphatic carbocycles. The van der Waals surface area contributed by atoms with Crippen molar-refractivity contribution in [3.05, 3.63) is 11.4 Å². The molecule has 128 valence electrons. The third kappa shape index (κ3) is 3.12. The molecule has 2 fully saturated rings. The Morgan fingerprint density at radius 2 is 2.09 bits per heavy atom. The Morgan fingerprint density at radius 3 is 2.78 bits per heavy atom. The van der Waals surface area contributed by atoms with Crippen LogP contribution in [0.4, 0.5) is 0 Å². The van der Waals surface area contributed by atoms with E-state index < -0.39 is 0 Å². The largest absolute Gasteiger partial charge is 0.333 e. The SMILES string of the molecule is Cc1c(C(=O)N2CCC[C@@H](C)[C@@H]2CN)nnn1C1CCNCC1. The summed E-state index contributed by atoms with van der Waals surface area (Å²) in [5, 5.41) is 11.9. The molecule has 3 rings (SSSR count). The summed E-state index contributed by atoms with van der Waals surface area (Å²) in [4.78, 5) is 14.9. The number of amides is 1. The zero-order chi connectivity index (χ0) is 16.4. The molecule has 7 heteroatoms. The number of nitrogens with one attached hydrogen (secondary N) is 1. The number of carbonyl (C=O) groups excluding carboxylic acids is 1. The van der Waals surface area contributed by atoms with Crippen molar-refractivity contribution < 1.29 is 4.79 Å². The van der Waals surface area contributed by atoms with Gasteiger partial charge in [-0.1, -0.05) is 12.1 Å². The molecule has 0 radical (unpaired) electrons. The van der Waals surface area contributed by atoms with Gasteiger partial charge in [0, 0.05) is 19.1 Å². The van der Waals surface area contributed by atoms with Crippen LogP contribution < -0.4 is 11.1 Å². The van der Waals surface area contributed by atoms with E-state index in [0.717, 1.165) is 51.0 Å². The molecule has 0 bridgehead atoms. The van der Waals surface area contributed by atoms with Crippen molar-refractivity contribution >= 4 is 5.91 Å². The zero-order valence-electron chi connectivity index (χ0n) is 14.2. The van der Waals surface area contributed by atoms with Crippen LogP contribution in [0.15, 0.2) is 0 Å². The second kappa shape index (κ2) is 6.97. The monoisotopic (exact) mass is 320 g/mol. The molecule has 7 nitrogen and oxygen atoms in total. The van der Waals surface area contributed by atoms with Crippen molar-refractivity contribution in [3.63, 3.8) is 0 Å². The summed E-state index contributed by atoms with van der Waals surface area (Å²) < 4.78 is 1.94. The molecule has 0 unspecified atom stereocenters. The third-order valence-corrected chi connectivity index (χ3v) is 5.40. The van der Waals surface area contributed by atoms with Gasteiger partial charge in [-0.25, -0.2) is 4.68 Å². The van der Waals surface area contributed by atoms with Crippen molar-refractivity contribution in [2.45, 2.75) is 51.6 Å². The zero-order valence-corrected chi connectivity index (χ0v) is 14.2. The van der Waals surface area contributed by atoms with E-state index in [9.17, 15) is 4.79 Å². The number of nitrogens with zero attached hydrogens (tertiary/aromatic N) is 4. The number of likely N-dealkylation sites (tertiary alicyclic amines) is 1. The van der Waals surface area contributed by atoms with Gasteiger partial charge in [-0.3, -0.25) is 4.79 Å². The molecule has 1 aromatic heterocycles. The number of piperidine rings is 2. The summed E-state index contributed by atoms with van der Waals surface area (Å²) >= 11 is 0. The first kappa shape index (κ1) is 16.4. The van der Waals surface area contributed by atoms with E-state index in [0.29, 0.717) is 24.2 Å². The number of aromatic nitrogens is 3. The van der Waals surface area contributed by atoms with Gasteiger partial charge in [-0.05, 0) is 51.6 Å². The summed E-state index contributed by atoms with van der Waals surface area (Å²) in [5.41, 5.74) is 7.30. The number of hydrogen-bond acceptors (Lipinski definition) is 5. The van der Waals surface area contributed by atoms with Crippen LogP contribution in [0.1, 0.15) is 54.8 Å². The molecule has 0 saturated carbocycles. The lowest BCUT2D eigenvalue weighted by atomic mass is 9.90. The second-order valence-electron chi connectivity index (χ2n) is 6.87. The van der Waals surface area contributed by atoms with E-state index in [2.05, 4.69) is 22.6 Å². The molecule has 1 aromatic rings. The van der Waals surface area contributed by atoms with Crippen LogP contribution in [0.5, 0.6) is 0 Å². The smallest absolute Gasteiger partial charge is 0.276 e. The van der Waals surface area contributed by atoms with Crippen LogP contribution in [-0.4, -0.2) is 58.0 Å². The van der Waals surface area contributed by atoms with Gasteiger partial charge in [0.15, 0.2) is 5.69 Å².